The fourth-order valence-corrected chi connectivity index (χ4v) is 8.38. The van der Waals surface area contributed by atoms with Crippen molar-refractivity contribution in [3.05, 3.63) is 200 Å². The van der Waals surface area contributed by atoms with Crippen molar-refractivity contribution in [3.8, 4) is 22.3 Å². The lowest BCUT2D eigenvalue weighted by Gasteiger charge is -2.28. The summed E-state index contributed by atoms with van der Waals surface area (Å²) in [6, 6.07) is 72.5. The Labute approximate surface area is 312 Å². The minimum absolute atomic E-state index is 0.898. The van der Waals surface area contributed by atoms with Crippen LogP contribution in [0.4, 0.5) is 17.1 Å². The van der Waals surface area contributed by atoms with E-state index in [1.165, 1.54) is 60.0 Å². The van der Waals surface area contributed by atoms with Gasteiger partial charge in [0.25, 0.3) is 0 Å². The molecule has 0 N–H and O–H groups in total. The molecule has 252 valence electrons. The van der Waals surface area contributed by atoms with E-state index < -0.39 is 0 Å². The molecular formula is C52H33NO. The number of fused-ring (bicyclic) bond motifs is 8. The van der Waals surface area contributed by atoms with E-state index in [0.717, 1.165) is 44.4 Å². The maximum absolute atomic E-state index is 6.36. The van der Waals surface area contributed by atoms with Crippen LogP contribution in [0.1, 0.15) is 0 Å². The Morgan fingerprint density at radius 2 is 0.926 bits per heavy atom. The highest BCUT2D eigenvalue weighted by atomic mass is 16.3. The van der Waals surface area contributed by atoms with E-state index in [0.29, 0.717) is 0 Å². The molecule has 1 aromatic heterocycles. The Balaban J connectivity index is 1.16. The van der Waals surface area contributed by atoms with E-state index in [4.69, 9.17) is 4.42 Å². The standard InChI is InChI=1S/C52H33NO/c1-2-12-34(13-3-1)35-22-25-41(26-23-35)53(42-27-24-36-30-49-47-20-10-11-21-51(47)54-52(49)33-39(36)29-42)50-32-40(28-37-14-5-7-17-44(37)50)48-31-38-15-4-6-16-43(38)45-18-8-9-19-46(45)48/h1-33H. The quantitative estimate of drug-likeness (QED) is 0.168. The molecule has 0 spiro atoms. The highest BCUT2D eigenvalue weighted by molar-refractivity contribution is 6.15. The summed E-state index contributed by atoms with van der Waals surface area (Å²) in [7, 11) is 0. The lowest BCUT2D eigenvalue weighted by molar-refractivity contribution is 0.669. The molecule has 0 aliphatic heterocycles. The number of hydrogen-bond donors (Lipinski definition) is 0. The summed E-state index contributed by atoms with van der Waals surface area (Å²) < 4.78 is 6.36. The Morgan fingerprint density at radius 1 is 0.296 bits per heavy atom. The Morgan fingerprint density at radius 3 is 1.74 bits per heavy atom. The number of nitrogens with zero attached hydrogens (tertiary/aromatic N) is 1. The molecule has 0 saturated carbocycles. The minimum atomic E-state index is 0.898. The van der Waals surface area contributed by atoms with Crippen LogP contribution in [0.15, 0.2) is 205 Å². The van der Waals surface area contributed by atoms with Crippen molar-refractivity contribution in [2.45, 2.75) is 0 Å². The Kier molecular flexibility index (Phi) is 6.90. The van der Waals surface area contributed by atoms with Gasteiger partial charge in [-0.3, -0.25) is 0 Å². The molecule has 11 rings (SSSR count). The summed E-state index contributed by atoms with van der Waals surface area (Å²) in [4.78, 5) is 2.42. The lowest BCUT2D eigenvalue weighted by Crippen LogP contribution is -2.11. The molecule has 1 heterocycles. The van der Waals surface area contributed by atoms with Gasteiger partial charge >= 0.3 is 0 Å². The molecule has 0 radical (unpaired) electrons. The van der Waals surface area contributed by atoms with Gasteiger partial charge in [0.1, 0.15) is 11.2 Å². The van der Waals surface area contributed by atoms with Gasteiger partial charge < -0.3 is 9.32 Å². The van der Waals surface area contributed by atoms with E-state index in [9.17, 15) is 0 Å². The third kappa shape index (κ3) is 4.96. The molecule has 2 nitrogen and oxygen atoms in total. The second kappa shape index (κ2) is 12.2. The van der Waals surface area contributed by atoms with Crippen molar-refractivity contribution in [3.63, 3.8) is 0 Å². The van der Waals surface area contributed by atoms with Gasteiger partial charge in [-0.05, 0) is 121 Å². The van der Waals surface area contributed by atoms with Crippen LogP contribution in [-0.2, 0) is 0 Å². The van der Waals surface area contributed by atoms with Gasteiger partial charge in [0, 0.05) is 27.5 Å². The van der Waals surface area contributed by atoms with E-state index in [2.05, 4.69) is 193 Å². The maximum atomic E-state index is 6.36. The number of benzene rings is 10. The number of hydrogen-bond acceptors (Lipinski definition) is 2. The van der Waals surface area contributed by atoms with Crippen molar-refractivity contribution in [2.24, 2.45) is 0 Å². The predicted molar refractivity (Wildman–Crippen MR) is 229 cm³/mol. The van der Waals surface area contributed by atoms with Crippen LogP contribution in [-0.4, -0.2) is 0 Å². The SMILES string of the molecule is c1ccc(-c2ccc(N(c3ccc4cc5c(cc4c3)oc3ccccc35)c3cc(-c4cc5ccccc5c5ccccc45)cc4ccccc34)cc2)cc1. The summed E-state index contributed by atoms with van der Waals surface area (Å²) in [5.41, 5.74) is 9.89. The average molecular weight is 688 g/mol. The Hall–Kier alpha value is -7.16. The summed E-state index contributed by atoms with van der Waals surface area (Å²) >= 11 is 0. The van der Waals surface area contributed by atoms with Crippen LogP contribution >= 0.6 is 0 Å². The molecule has 11 aromatic rings. The summed E-state index contributed by atoms with van der Waals surface area (Å²) in [6.45, 7) is 0. The van der Waals surface area contributed by atoms with Gasteiger partial charge in [-0.15, -0.1) is 0 Å². The van der Waals surface area contributed by atoms with Crippen LogP contribution in [0.3, 0.4) is 0 Å². The fourth-order valence-electron chi connectivity index (χ4n) is 8.38. The van der Waals surface area contributed by atoms with Crippen molar-refractivity contribution in [2.75, 3.05) is 4.90 Å². The fraction of sp³-hybridized carbons (Fsp3) is 0. The van der Waals surface area contributed by atoms with Crippen LogP contribution in [0, 0.1) is 0 Å². The maximum Gasteiger partial charge on any atom is 0.136 e. The monoisotopic (exact) mass is 687 g/mol. The highest BCUT2D eigenvalue weighted by Crippen LogP contribution is 2.45. The first-order chi connectivity index (χ1) is 26.7. The molecule has 0 amide bonds. The summed E-state index contributed by atoms with van der Waals surface area (Å²) in [5.74, 6) is 0. The number of anilines is 3. The van der Waals surface area contributed by atoms with E-state index >= 15 is 0 Å². The molecule has 0 unspecified atom stereocenters. The van der Waals surface area contributed by atoms with Crippen molar-refractivity contribution in [1.82, 2.24) is 0 Å². The average Bonchev–Trinajstić information content (AvgIpc) is 3.60. The molecule has 0 aliphatic rings. The minimum Gasteiger partial charge on any atom is -0.456 e. The zero-order valence-corrected chi connectivity index (χ0v) is 29.4. The van der Waals surface area contributed by atoms with Crippen molar-refractivity contribution >= 4 is 82.1 Å². The zero-order valence-electron chi connectivity index (χ0n) is 29.4. The van der Waals surface area contributed by atoms with E-state index in [-0.39, 0.29) is 0 Å². The van der Waals surface area contributed by atoms with Gasteiger partial charge in [0.2, 0.25) is 0 Å². The van der Waals surface area contributed by atoms with Crippen molar-refractivity contribution in [1.29, 1.82) is 0 Å². The van der Waals surface area contributed by atoms with Crippen LogP contribution in [0.2, 0.25) is 0 Å². The molecular weight excluding hydrogens is 655 g/mol. The number of rotatable bonds is 5. The smallest absolute Gasteiger partial charge is 0.136 e. The van der Waals surface area contributed by atoms with Crippen LogP contribution in [0.5, 0.6) is 0 Å². The lowest BCUT2D eigenvalue weighted by atomic mass is 9.91. The molecule has 2 heteroatoms. The summed E-state index contributed by atoms with van der Waals surface area (Å²) in [5, 5.41) is 12.0. The van der Waals surface area contributed by atoms with Gasteiger partial charge in [0.15, 0.2) is 0 Å². The van der Waals surface area contributed by atoms with E-state index in [1.807, 2.05) is 12.1 Å². The molecule has 0 atom stereocenters. The second-order valence-electron chi connectivity index (χ2n) is 14.1. The normalized spacial score (nSPS) is 11.7. The number of para-hydroxylation sites is 1. The molecule has 10 aromatic carbocycles. The highest BCUT2D eigenvalue weighted by Gasteiger charge is 2.20. The zero-order chi connectivity index (χ0) is 35.6. The van der Waals surface area contributed by atoms with Gasteiger partial charge in [-0.2, -0.15) is 0 Å². The topological polar surface area (TPSA) is 16.4 Å². The third-order valence-electron chi connectivity index (χ3n) is 11.0. The molecule has 0 fully saturated rings. The van der Waals surface area contributed by atoms with Gasteiger partial charge in [-0.1, -0.05) is 140 Å². The summed E-state index contributed by atoms with van der Waals surface area (Å²) in [6.07, 6.45) is 0. The van der Waals surface area contributed by atoms with Gasteiger partial charge in [0.05, 0.1) is 5.69 Å². The molecule has 0 bridgehead atoms. The molecule has 0 saturated heterocycles. The first kappa shape index (κ1) is 30.5. The van der Waals surface area contributed by atoms with Gasteiger partial charge in [-0.25, -0.2) is 0 Å². The predicted octanol–water partition coefficient (Wildman–Crippen LogP) is 15.0. The van der Waals surface area contributed by atoms with Crippen molar-refractivity contribution < 1.29 is 4.42 Å². The first-order valence-corrected chi connectivity index (χ1v) is 18.5. The van der Waals surface area contributed by atoms with Crippen LogP contribution < -0.4 is 4.90 Å². The first-order valence-electron chi connectivity index (χ1n) is 18.5. The number of furan rings is 1. The second-order valence-corrected chi connectivity index (χ2v) is 14.1. The molecule has 0 aliphatic carbocycles. The van der Waals surface area contributed by atoms with Crippen LogP contribution in [0.25, 0.3) is 87.3 Å². The molecule has 54 heavy (non-hydrogen) atoms. The largest absolute Gasteiger partial charge is 0.456 e. The third-order valence-corrected chi connectivity index (χ3v) is 11.0. The Bertz CT molecular complexity index is 3210. The van der Waals surface area contributed by atoms with E-state index in [1.54, 1.807) is 0 Å².